The van der Waals surface area contributed by atoms with E-state index >= 15 is 13.2 Å². The Hall–Kier alpha value is -4.77. The number of benzene rings is 1. The summed E-state index contributed by atoms with van der Waals surface area (Å²) in [6.45, 7) is 5.42. The SMILES string of the molecule is Cc1cc2c(cnn2C2CCCCO2)c(-c2nn(C)c3c4c(N5CCCn6nccc6C5)nc(OC[C@@]56CCCN5C[C@H](F)C6)nc4n(C)c23)c1C(F)(F)F. The molecule has 290 valence electrons. The molecule has 55 heavy (non-hydrogen) atoms. The van der Waals surface area contributed by atoms with Crippen molar-refractivity contribution in [2.75, 3.05) is 37.7 Å². The van der Waals surface area contributed by atoms with E-state index in [-0.39, 0.29) is 35.7 Å². The summed E-state index contributed by atoms with van der Waals surface area (Å²) < 4.78 is 80.1. The standard InChI is InChI=1S/C38H43F4N11O2/c1-22-16-26-25(18-44-53(26)27-8-4-5-15-54-27)28(30(22)38(40,41)42)31-33-32(49(3)47-31)29-34(48(33)2)45-36(55-21-37-10-6-13-51(37)19-23(39)17-37)46-35(29)50-12-7-14-52-24(20-50)9-11-43-52/h9,11,16,18,23,27H,4-8,10,12-15,17,19-21H2,1-3H3/t23-,27?,37+/m1/s1. The zero-order valence-corrected chi connectivity index (χ0v) is 31.1. The highest BCUT2D eigenvalue weighted by Crippen LogP contribution is 2.48. The Morgan fingerprint density at radius 1 is 1.04 bits per heavy atom. The largest absolute Gasteiger partial charge is 0.461 e. The molecule has 0 saturated carbocycles. The van der Waals surface area contributed by atoms with Crippen molar-refractivity contribution in [3.63, 3.8) is 0 Å². The fourth-order valence-electron chi connectivity index (χ4n) is 9.84. The van der Waals surface area contributed by atoms with Crippen LogP contribution in [-0.4, -0.2) is 93.3 Å². The Balaban J connectivity index is 1.19. The van der Waals surface area contributed by atoms with E-state index in [1.54, 1.807) is 35.7 Å². The molecule has 3 saturated heterocycles. The molecule has 1 aromatic carbocycles. The number of halogens is 4. The van der Waals surface area contributed by atoms with Gasteiger partial charge in [-0.3, -0.25) is 14.3 Å². The lowest BCUT2D eigenvalue weighted by Gasteiger charge is -2.31. The molecule has 6 aromatic rings. The predicted molar refractivity (Wildman–Crippen MR) is 197 cm³/mol. The molecule has 0 spiro atoms. The van der Waals surface area contributed by atoms with E-state index in [9.17, 15) is 4.39 Å². The normalized spacial score (nSPS) is 23.7. The summed E-state index contributed by atoms with van der Waals surface area (Å²) in [6, 6.07) is 3.69. The van der Waals surface area contributed by atoms with Gasteiger partial charge in [0.15, 0.2) is 11.9 Å². The molecule has 9 heterocycles. The van der Waals surface area contributed by atoms with Gasteiger partial charge in [0.1, 0.15) is 24.3 Å². The highest BCUT2D eigenvalue weighted by molar-refractivity contribution is 6.16. The van der Waals surface area contributed by atoms with E-state index in [4.69, 9.17) is 24.5 Å². The van der Waals surface area contributed by atoms with Gasteiger partial charge in [-0.1, -0.05) is 0 Å². The maximum absolute atomic E-state index is 15.2. The molecule has 0 aliphatic carbocycles. The molecular weight excluding hydrogens is 718 g/mol. The summed E-state index contributed by atoms with van der Waals surface area (Å²) in [5, 5.41) is 15.0. The van der Waals surface area contributed by atoms with E-state index in [1.165, 1.54) is 13.1 Å². The van der Waals surface area contributed by atoms with Crippen molar-refractivity contribution in [3.05, 3.63) is 41.3 Å². The van der Waals surface area contributed by atoms with Crippen LogP contribution >= 0.6 is 0 Å². The number of alkyl halides is 4. The molecule has 13 nitrogen and oxygen atoms in total. The van der Waals surface area contributed by atoms with Crippen LogP contribution in [0.3, 0.4) is 0 Å². The van der Waals surface area contributed by atoms with E-state index < -0.39 is 23.5 Å². The molecule has 4 aliphatic rings. The summed E-state index contributed by atoms with van der Waals surface area (Å²) in [4.78, 5) is 14.4. The first-order chi connectivity index (χ1) is 26.5. The number of ether oxygens (including phenoxy) is 2. The van der Waals surface area contributed by atoms with Gasteiger partial charge in [-0.15, -0.1) is 0 Å². The molecule has 10 rings (SSSR count). The smallest absolute Gasteiger partial charge is 0.417 e. The van der Waals surface area contributed by atoms with Gasteiger partial charge in [-0.25, -0.2) is 9.07 Å². The second-order valence-electron chi connectivity index (χ2n) is 15.7. The van der Waals surface area contributed by atoms with Crippen molar-refractivity contribution >= 4 is 38.8 Å². The summed E-state index contributed by atoms with van der Waals surface area (Å²) >= 11 is 0. The number of aryl methyl sites for hydroxylation is 4. The van der Waals surface area contributed by atoms with Crippen molar-refractivity contribution in [2.45, 2.75) is 89.1 Å². The molecule has 3 atom stereocenters. The van der Waals surface area contributed by atoms with Gasteiger partial charge in [-0.2, -0.15) is 38.4 Å². The maximum Gasteiger partial charge on any atom is 0.417 e. The highest BCUT2D eigenvalue weighted by atomic mass is 19.4. The van der Waals surface area contributed by atoms with Gasteiger partial charge in [0.05, 0.1) is 51.5 Å². The van der Waals surface area contributed by atoms with Crippen molar-refractivity contribution in [1.82, 2.24) is 48.8 Å². The van der Waals surface area contributed by atoms with Gasteiger partial charge >= 0.3 is 12.2 Å². The van der Waals surface area contributed by atoms with Gasteiger partial charge in [0.2, 0.25) is 0 Å². The topological polar surface area (TPSA) is 109 Å². The number of anilines is 1. The van der Waals surface area contributed by atoms with Crippen LogP contribution in [0.25, 0.3) is 44.2 Å². The molecule has 1 unspecified atom stereocenters. The lowest BCUT2D eigenvalue weighted by Crippen LogP contribution is -2.43. The monoisotopic (exact) mass is 761 g/mol. The molecule has 0 N–H and O–H groups in total. The van der Waals surface area contributed by atoms with Crippen molar-refractivity contribution in [3.8, 4) is 17.3 Å². The number of rotatable bonds is 6. The first kappa shape index (κ1) is 34.7. The van der Waals surface area contributed by atoms with Gasteiger partial charge in [-0.05, 0) is 69.7 Å². The molecular formula is C38H43F4N11O2. The second-order valence-corrected chi connectivity index (χ2v) is 15.7. The number of hydrogen-bond donors (Lipinski definition) is 0. The fraction of sp³-hybridized carbons (Fsp3) is 0.553. The van der Waals surface area contributed by atoms with Crippen molar-refractivity contribution in [1.29, 1.82) is 0 Å². The highest BCUT2D eigenvalue weighted by Gasteiger charge is 2.49. The molecule has 5 aromatic heterocycles. The molecule has 0 radical (unpaired) electrons. The van der Waals surface area contributed by atoms with E-state index in [1.807, 2.05) is 15.3 Å². The van der Waals surface area contributed by atoms with Crippen LogP contribution in [0.4, 0.5) is 23.4 Å². The van der Waals surface area contributed by atoms with Gasteiger partial charge < -0.3 is 18.9 Å². The van der Waals surface area contributed by atoms with E-state index in [0.29, 0.717) is 71.4 Å². The number of hydrogen-bond acceptors (Lipinski definition) is 9. The van der Waals surface area contributed by atoms with Crippen LogP contribution in [0.1, 0.15) is 68.0 Å². The molecule has 0 amide bonds. The summed E-state index contributed by atoms with van der Waals surface area (Å²) in [5.41, 5.74) is 2.21. The first-order valence-electron chi connectivity index (χ1n) is 19.2. The van der Waals surface area contributed by atoms with Crippen LogP contribution in [0.15, 0.2) is 24.5 Å². The van der Waals surface area contributed by atoms with Crippen LogP contribution in [0.5, 0.6) is 6.01 Å². The molecule has 17 heteroatoms. The Morgan fingerprint density at radius 2 is 1.91 bits per heavy atom. The van der Waals surface area contributed by atoms with Crippen LogP contribution in [-0.2, 0) is 38.1 Å². The zero-order chi connectivity index (χ0) is 37.8. The summed E-state index contributed by atoms with van der Waals surface area (Å²) in [7, 11) is 3.55. The minimum atomic E-state index is -4.68. The summed E-state index contributed by atoms with van der Waals surface area (Å²) in [5.74, 6) is 0.595. The third-order valence-electron chi connectivity index (χ3n) is 12.3. The first-order valence-corrected chi connectivity index (χ1v) is 19.2. The number of fused-ring (bicyclic) bond motifs is 6. The van der Waals surface area contributed by atoms with Crippen LogP contribution < -0.4 is 9.64 Å². The number of nitrogens with zero attached hydrogens (tertiary/aromatic N) is 11. The minimum absolute atomic E-state index is 0.0341. The molecule has 0 bridgehead atoms. The average molecular weight is 762 g/mol. The zero-order valence-electron chi connectivity index (χ0n) is 31.1. The third kappa shape index (κ3) is 5.43. The molecule has 4 aliphatic heterocycles. The van der Waals surface area contributed by atoms with Gasteiger partial charge in [0.25, 0.3) is 0 Å². The second kappa shape index (κ2) is 12.6. The van der Waals surface area contributed by atoms with Gasteiger partial charge in [0, 0.05) is 63.9 Å². The van der Waals surface area contributed by atoms with Crippen LogP contribution in [0, 0.1) is 6.92 Å². The quantitative estimate of drug-likeness (QED) is 0.177. The summed E-state index contributed by atoms with van der Waals surface area (Å²) in [6.07, 6.45) is 2.93. The van der Waals surface area contributed by atoms with Crippen molar-refractivity contribution in [2.24, 2.45) is 14.1 Å². The number of aromatic nitrogens is 9. The maximum atomic E-state index is 15.2. The Morgan fingerprint density at radius 3 is 2.73 bits per heavy atom. The Labute approximate surface area is 313 Å². The average Bonchev–Trinajstić information content (AvgIpc) is 3.99. The lowest BCUT2D eigenvalue weighted by atomic mass is 9.94. The lowest BCUT2D eigenvalue weighted by molar-refractivity contribution is -0.137. The predicted octanol–water partition coefficient (Wildman–Crippen LogP) is 6.46. The Bertz CT molecular complexity index is 2460. The third-order valence-corrected chi connectivity index (χ3v) is 12.3. The van der Waals surface area contributed by atoms with E-state index in [0.717, 1.165) is 57.3 Å². The Kier molecular flexibility index (Phi) is 7.97. The van der Waals surface area contributed by atoms with E-state index in [2.05, 4.69) is 20.0 Å². The minimum Gasteiger partial charge on any atom is -0.461 e. The molecule has 3 fully saturated rings. The fourth-order valence-corrected chi connectivity index (χ4v) is 9.84. The van der Waals surface area contributed by atoms with Crippen molar-refractivity contribution < 1.29 is 27.0 Å². The van der Waals surface area contributed by atoms with Crippen LogP contribution in [0.2, 0.25) is 0 Å².